The van der Waals surface area contributed by atoms with E-state index in [2.05, 4.69) is 15.4 Å². The van der Waals surface area contributed by atoms with E-state index < -0.39 is 18.2 Å². The number of amides is 2. The number of pyridine rings is 1. The lowest BCUT2D eigenvalue weighted by Gasteiger charge is -2.21. The van der Waals surface area contributed by atoms with Gasteiger partial charge in [-0.05, 0) is 31.4 Å². The Morgan fingerprint density at radius 3 is 2.66 bits per heavy atom. The summed E-state index contributed by atoms with van der Waals surface area (Å²) in [6.45, 7) is 4.18. The monoisotopic (exact) mass is 442 g/mol. The first kappa shape index (κ1) is 21.7. The molecule has 2 amide bonds. The van der Waals surface area contributed by atoms with Crippen molar-refractivity contribution in [1.82, 2.24) is 19.5 Å². The molecule has 4 heterocycles. The second kappa shape index (κ2) is 8.52. The number of nitrogens with one attached hydrogen (secondary N) is 1. The SMILES string of the molecule is CC[C@H]1CN(C(=O)C(F)F)C[C@H]1Nc1c(C(N)=O)cnn2cc(-c3ccc(C)nc3)cc12. The number of aryl methyl sites for hydroxylation is 1. The Morgan fingerprint density at radius 1 is 1.25 bits per heavy atom. The summed E-state index contributed by atoms with van der Waals surface area (Å²) in [7, 11) is 0. The van der Waals surface area contributed by atoms with E-state index in [1.165, 1.54) is 11.1 Å². The lowest BCUT2D eigenvalue weighted by molar-refractivity contribution is -0.141. The zero-order valence-electron chi connectivity index (χ0n) is 17.8. The summed E-state index contributed by atoms with van der Waals surface area (Å²) in [5.74, 6) is -1.89. The Hall–Kier alpha value is -3.56. The summed E-state index contributed by atoms with van der Waals surface area (Å²) in [4.78, 5) is 29.4. The maximum atomic E-state index is 12.9. The Balaban J connectivity index is 1.73. The molecule has 0 unspecified atom stereocenters. The summed E-state index contributed by atoms with van der Waals surface area (Å²) >= 11 is 0. The second-order valence-electron chi connectivity index (χ2n) is 8.01. The van der Waals surface area contributed by atoms with E-state index in [1.54, 1.807) is 10.7 Å². The minimum absolute atomic E-state index is 0.0534. The van der Waals surface area contributed by atoms with Gasteiger partial charge in [-0.3, -0.25) is 14.6 Å². The summed E-state index contributed by atoms with van der Waals surface area (Å²) in [5.41, 5.74) is 9.49. The van der Waals surface area contributed by atoms with Gasteiger partial charge in [0.05, 0.1) is 23.0 Å². The van der Waals surface area contributed by atoms with Crippen molar-refractivity contribution < 1.29 is 18.4 Å². The van der Waals surface area contributed by atoms with Gasteiger partial charge in [0, 0.05) is 48.3 Å². The van der Waals surface area contributed by atoms with Crippen molar-refractivity contribution in [1.29, 1.82) is 0 Å². The van der Waals surface area contributed by atoms with Crippen LogP contribution in [-0.4, -0.2) is 56.9 Å². The summed E-state index contributed by atoms with van der Waals surface area (Å²) in [6.07, 6.45) is 2.59. The number of anilines is 1. The van der Waals surface area contributed by atoms with Gasteiger partial charge in [-0.2, -0.15) is 13.9 Å². The normalized spacial score (nSPS) is 18.5. The van der Waals surface area contributed by atoms with Gasteiger partial charge in [0.25, 0.3) is 11.8 Å². The molecule has 3 N–H and O–H groups in total. The fourth-order valence-electron chi connectivity index (χ4n) is 4.14. The van der Waals surface area contributed by atoms with Crippen LogP contribution in [0.3, 0.4) is 0 Å². The number of aromatic nitrogens is 3. The van der Waals surface area contributed by atoms with Gasteiger partial charge in [0.2, 0.25) is 0 Å². The molecule has 32 heavy (non-hydrogen) atoms. The number of rotatable bonds is 6. The summed E-state index contributed by atoms with van der Waals surface area (Å²) in [6, 6.07) is 5.40. The third kappa shape index (κ3) is 4.00. The lowest BCUT2D eigenvalue weighted by atomic mass is 10.00. The van der Waals surface area contributed by atoms with E-state index in [-0.39, 0.29) is 30.6 Å². The first-order chi connectivity index (χ1) is 15.3. The highest BCUT2D eigenvalue weighted by Gasteiger charge is 2.37. The fraction of sp³-hybridized carbons (Fsp3) is 0.364. The van der Waals surface area contributed by atoms with Gasteiger partial charge in [-0.15, -0.1) is 0 Å². The zero-order chi connectivity index (χ0) is 23.0. The summed E-state index contributed by atoms with van der Waals surface area (Å²) in [5, 5.41) is 7.62. The van der Waals surface area contributed by atoms with Crippen molar-refractivity contribution in [3.8, 4) is 11.1 Å². The standard InChI is InChI=1S/C22H24F2N6O2/c1-3-13-9-29(22(32)20(23)24)11-17(13)28-19-16(21(25)31)8-27-30-10-15(6-18(19)30)14-5-4-12(2)26-7-14/h4-8,10,13,17,20,28H,3,9,11H2,1-2H3,(H2,25,31)/t13-,17+/m0/s1. The van der Waals surface area contributed by atoms with Crippen LogP contribution in [0.4, 0.5) is 14.5 Å². The Kier molecular flexibility index (Phi) is 5.77. The largest absolute Gasteiger partial charge is 0.378 e. The predicted molar refractivity (Wildman–Crippen MR) is 115 cm³/mol. The topological polar surface area (TPSA) is 106 Å². The van der Waals surface area contributed by atoms with Crippen LogP contribution in [0.25, 0.3) is 16.6 Å². The molecular formula is C22H24F2N6O2. The van der Waals surface area contributed by atoms with Crippen molar-refractivity contribution in [3.63, 3.8) is 0 Å². The van der Waals surface area contributed by atoms with Crippen molar-refractivity contribution in [2.24, 2.45) is 11.7 Å². The minimum Gasteiger partial charge on any atom is -0.378 e. The molecule has 0 radical (unpaired) electrons. The molecule has 168 valence electrons. The van der Waals surface area contributed by atoms with Gasteiger partial charge >= 0.3 is 6.43 Å². The number of hydrogen-bond donors (Lipinski definition) is 2. The van der Waals surface area contributed by atoms with E-state index in [0.717, 1.165) is 16.8 Å². The van der Waals surface area contributed by atoms with Crippen LogP contribution in [0.2, 0.25) is 0 Å². The second-order valence-corrected chi connectivity index (χ2v) is 8.01. The average molecular weight is 442 g/mol. The number of carbonyl (C=O) groups excluding carboxylic acids is 2. The molecule has 0 spiro atoms. The minimum atomic E-state index is -3.05. The highest BCUT2D eigenvalue weighted by atomic mass is 19.3. The number of carbonyl (C=O) groups is 2. The quantitative estimate of drug-likeness (QED) is 0.611. The van der Waals surface area contributed by atoms with Crippen molar-refractivity contribution in [2.75, 3.05) is 18.4 Å². The lowest BCUT2D eigenvalue weighted by Crippen LogP contribution is -2.35. The van der Waals surface area contributed by atoms with Gasteiger partial charge in [0.1, 0.15) is 0 Å². The third-order valence-corrected chi connectivity index (χ3v) is 5.94. The van der Waals surface area contributed by atoms with Gasteiger partial charge < -0.3 is 16.0 Å². The number of nitrogens with zero attached hydrogens (tertiary/aromatic N) is 4. The van der Waals surface area contributed by atoms with Gasteiger partial charge in [-0.1, -0.05) is 13.0 Å². The molecule has 0 aliphatic carbocycles. The molecule has 0 saturated carbocycles. The first-order valence-corrected chi connectivity index (χ1v) is 10.4. The number of fused-ring (bicyclic) bond motifs is 1. The highest BCUT2D eigenvalue weighted by molar-refractivity contribution is 6.02. The highest BCUT2D eigenvalue weighted by Crippen LogP contribution is 2.31. The smallest absolute Gasteiger partial charge is 0.315 e. The number of likely N-dealkylation sites (tertiary alicyclic amines) is 1. The molecular weight excluding hydrogens is 418 g/mol. The predicted octanol–water partition coefficient (Wildman–Crippen LogP) is 2.72. The number of halogens is 2. The van der Waals surface area contributed by atoms with E-state index in [9.17, 15) is 18.4 Å². The number of nitrogens with two attached hydrogens (primary N) is 1. The fourth-order valence-corrected chi connectivity index (χ4v) is 4.14. The van der Waals surface area contributed by atoms with Crippen molar-refractivity contribution in [3.05, 3.63) is 48.0 Å². The molecule has 2 atom stereocenters. The molecule has 1 saturated heterocycles. The molecule has 1 fully saturated rings. The van der Waals surface area contributed by atoms with E-state index in [1.807, 2.05) is 38.2 Å². The molecule has 3 aromatic heterocycles. The number of hydrogen-bond acceptors (Lipinski definition) is 5. The van der Waals surface area contributed by atoms with Crippen LogP contribution in [0.5, 0.6) is 0 Å². The van der Waals surface area contributed by atoms with Crippen LogP contribution in [0.15, 0.2) is 36.8 Å². The maximum Gasteiger partial charge on any atom is 0.315 e. The molecule has 0 aromatic carbocycles. The van der Waals surface area contributed by atoms with Crippen molar-refractivity contribution >= 4 is 23.0 Å². The molecule has 4 rings (SSSR count). The Labute approximate surface area is 183 Å². The van der Waals surface area contributed by atoms with Gasteiger partial charge in [0.15, 0.2) is 0 Å². The number of primary amides is 1. The van der Waals surface area contributed by atoms with E-state index in [4.69, 9.17) is 5.73 Å². The van der Waals surface area contributed by atoms with Crippen LogP contribution >= 0.6 is 0 Å². The molecule has 0 bridgehead atoms. The number of alkyl halides is 2. The molecule has 1 aliphatic heterocycles. The maximum absolute atomic E-state index is 12.9. The molecule has 1 aliphatic rings. The van der Waals surface area contributed by atoms with Gasteiger partial charge in [-0.25, -0.2) is 4.52 Å². The Morgan fingerprint density at radius 2 is 2.03 bits per heavy atom. The molecule has 10 heteroatoms. The van der Waals surface area contributed by atoms with Crippen LogP contribution in [0, 0.1) is 12.8 Å². The Bertz CT molecular complexity index is 1160. The molecule has 3 aromatic rings. The summed E-state index contributed by atoms with van der Waals surface area (Å²) < 4.78 is 27.5. The zero-order valence-corrected chi connectivity index (χ0v) is 17.8. The molecule has 8 nitrogen and oxygen atoms in total. The first-order valence-electron chi connectivity index (χ1n) is 10.4. The third-order valence-electron chi connectivity index (χ3n) is 5.94. The van der Waals surface area contributed by atoms with Crippen molar-refractivity contribution in [2.45, 2.75) is 32.7 Å². The van der Waals surface area contributed by atoms with E-state index in [0.29, 0.717) is 17.6 Å². The van der Waals surface area contributed by atoms with E-state index >= 15 is 0 Å². The van der Waals surface area contributed by atoms with Crippen LogP contribution < -0.4 is 11.1 Å². The van der Waals surface area contributed by atoms with Crippen LogP contribution in [0.1, 0.15) is 29.4 Å². The van der Waals surface area contributed by atoms with Crippen LogP contribution in [-0.2, 0) is 4.79 Å². The average Bonchev–Trinajstić information content (AvgIpc) is 3.38.